The zero-order valence-electron chi connectivity index (χ0n) is 29.6. The number of likely N-dealkylation sites (N-methyl/N-ethyl adjacent to an activating group) is 1. The predicted octanol–water partition coefficient (Wildman–Crippen LogP) is -4.65. The molecule has 302 valence electrons. The first-order valence-corrected chi connectivity index (χ1v) is 18.7. The first-order valence-electron chi connectivity index (χ1n) is 17.3. The Morgan fingerprint density at radius 2 is 1.36 bits per heavy atom. The van der Waals surface area contributed by atoms with E-state index in [1.807, 2.05) is 18.7 Å². The van der Waals surface area contributed by atoms with Crippen LogP contribution in [0.4, 0.5) is 4.39 Å². The lowest BCUT2D eigenvalue weighted by Crippen LogP contribution is -2.68. The maximum atomic E-state index is 13.0. The maximum Gasteiger partial charge on any atom is 0.285 e. The summed E-state index contributed by atoms with van der Waals surface area (Å²) in [5, 5.41) is 70.9. The second kappa shape index (κ2) is 18.1. The third kappa shape index (κ3) is 9.23. The van der Waals surface area contributed by atoms with E-state index in [0.29, 0.717) is 30.1 Å². The van der Waals surface area contributed by atoms with Crippen LogP contribution in [0.3, 0.4) is 0 Å². The fourth-order valence-corrected chi connectivity index (χ4v) is 8.19. The summed E-state index contributed by atoms with van der Waals surface area (Å²) in [7, 11) is -3.71. The molecule has 53 heavy (non-hydrogen) atoms. The van der Waals surface area contributed by atoms with Gasteiger partial charge in [0.1, 0.15) is 77.6 Å². The van der Waals surface area contributed by atoms with Gasteiger partial charge in [0, 0.05) is 37.3 Å². The van der Waals surface area contributed by atoms with Gasteiger partial charge in [-0.1, -0.05) is 12.1 Å². The molecule has 15 N–H and O–H groups in total. The van der Waals surface area contributed by atoms with Crippen molar-refractivity contribution in [1.29, 1.82) is 0 Å². The molecule has 0 bridgehead atoms. The van der Waals surface area contributed by atoms with Gasteiger partial charge in [0.05, 0.1) is 12.6 Å². The lowest BCUT2D eigenvalue weighted by atomic mass is 9.84. The first kappa shape index (κ1) is 43.4. The smallest absolute Gasteiger partial charge is 0.285 e. The Kier molecular flexibility index (Phi) is 14.8. The molecule has 1 aliphatic carbocycles. The molecule has 0 radical (unpaired) electrons. The Balaban J connectivity index is 0.000000267. The number of nitrogens with two attached hydrogens (primary N) is 4. The van der Waals surface area contributed by atoms with Crippen molar-refractivity contribution in [3.8, 4) is 0 Å². The summed E-state index contributed by atoms with van der Waals surface area (Å²) in [6, 6.07) is 2.57. The molecular weight excluding hydrogens is 727 g/mol. The van der Waals surface area contributed by atoms with Gasteiger partial charge in [-0.15, -0.1) is 4.40 Å². The number of rotatable bonds is 9. The van der Waals surface area contributed by atoms with Gasteiger partial charge in [-0.3, -0.25) is 0 Å². The highest BCUT2D eigenvalue weighted by Gasteiger charge is 2.51. The van der Waals surface area contributed by atoms with Crippen molar-refractivity contribution in [2.75, 3.05) is 26.2 Å². The number of aliphatic hydroxyl groups is 7. The summed E-state index contributed by atoms with van der Waals surface area (Å²) < 4.78 is 63.5. The van der Waals surface area contributed by atoms with Crippen LogP contribution in [0.1, 0.15) is 32.8 Å². The first-order chi connectivity index (χ1) is 24.9. The Morgan fingerprint density at radius 3 is 1.87 bits per heavy atom. The molecule has 1 aromatic carbocycles. The molecular formula is C32H53FN6O13S. The Bertz CT molecular complexity index is 1490. The van der Waals surface area contributed by atoms with Crippen molar-refractivity contribution in [3.05, 3.63) is 41.2 Å². The van der Waals surface area contributed by atoms with E-state index in [2.05, 4.69) is 4.40 Å². The van der Waals surface area contributed by atoms with Gasteiger partial charge in [0.15, 0.2) is 12.6 Å². The van der Waals surface area contributed by atoms with Crippen molar-refractivity contribution in [2.24, 2.45) is 27.3 Å². The van der Waals surface area contributed by atoms with Crippen LogP contribution in [0.15, 0.2) is 34.2 Å². The predicted molar refractivity (Wildman–Crippen MR) is 186 cm³/mol. The van der Waals surface area contributed by atoms with Gasteiger partial charge in [-0.25, -0.2) is 4.39 Å². The van der Waals surface area contributed by atoms with Crippen molar-refractivity contribution in [1.82, 2.24) is 4.90 Å². The third-order valence-corrected chi connectivity index (χ3v) is 11.3. The zero-order valence-corrected chi connectivity index (χ0v) is 30.4. The summed E-state index contributed by atoms with van der Waals surface area (Å²) in [6.07, 6.45) is -16.5. The molecule has 1 saturated carbocycles. The van der Waals surface area contributed by atoms with E-state index in [0.717, 1.165) is 0 Å². The summed E-state index contributed by atoms with van der Waals surface area (Å²) in [5.74, 6) is 0.0848. The molecule has 0 amide bonds. The molecule has 0 unspecified atom stereocenters. The van der Waals surface area contributed by atoms with Crippen LogP contribution in [-0.2, 0) is 29.0 Å². The second-order valence-electron chi connectivity index (χ2n) is 13.3. The minimum Gasteiger partial charge on any atom is -0.394 e. The van der Waals surface area contributed by atoms with Crippen LogP contribution in [0.25, 0.3) is 4.91 Å². The quantitative estimate of drug-likeness (QED) is 0.112. The van der Waals surface area contributed by atoms with Crippen LogP contribution in [0.5, 0.6) is 0 Å². The fourth-order valence-electron chi connectivity index (χ4n) is 6.71. The minimum atomic E-state index is -3.71. The molecule has 0 aromatic heterocycles. The topological polar surface area (TPSA) is 332 Å². The van der Waals surface area contributed by atoms with E-state index in [-0.39, 0.29) is 17.9 Å². The Hall–Kier alpha value is -2.29. The van der Waals surface area contributed by atoms with Crippen LogP contribution in [-0.4, -0.2) is 173 Å². The molecule has 21 heteroatoms. The molecule has 0 spiro atoms. The number of halogens is 1. The van der Waals surface area contributed by atoms with Gasteiger partial charge in [0.2, 0.25) is 0 Å². The Morgan fingerprint density at radius 1 is 0.830 bits per heavy atom. The summed E-state index contributed by atoms with van der Waals surface area (Å²) in [5.41, 5.74) is 24.6. The number of hydrogen-bond acceptors (Lipinski definition) is 18. The van der Waals surface area contributed by atoms with E-state index in [4.69, 9.17) is 41.9 Å². The number of ether oxygens (including phenoxy) is 4. The largest absolute Gasteiger partial charge is 0.394 e. The van der Waals surface area contributed by atoms with Gasteiger partial charge in [-0.05, 0) is 44.9 Å². The number of amidine groups is 1. The SMILES string of the molecule is CCN(CC)C1=NS(=O)(=O)C(c2ccc(F)cc2)=C1C.NC[C@H]1O[C@H](O[C@H]2[C@H](O)[C@@H](O[C@H]3O[C@H](CO)[C@@H](O)[C@H](N)[C@H]3O)[C@H](N)C[C@@H]2N)[C@H](O)[C@@H](O)[C@@H]1O. The van der Waals surface area contributed by atoms with Crippen molar-refractivity contribution in [3.63, 3.8) is 0 Å². The van der Waals surface area contributed by atoms with Crippen LogP contribution < -0.4 is 22.9 Å². The molecule has 3 heterocycles. The second-order valence-corrected chi connectivity index (χ2v) is 14.9. The number of aliphatic hydroxyl groups excluding tert-OH is 7. The van der Waals surface area contributed by atoms with E-state index >= 15 is 0 Å². The monoisotopic (exact) mass is 780 g/mol. The molecule has 2 saturated heterocycles. The van der Waals surface area contributed by atoms with E-state index < -0.39 is 114 Å². The molecule has 5 rings (SSSR count). The number of benzene rings is 1. The highest BCUT2D eigenvalue weighted by molar-refractivity contribution is 8.00. The fraction of sp³-hybridized carbons (Fsp3) is 0.719. The van der Waals surface area contributed by atoms with E-state index in [1.165, 1.54) is 24.3 Å². The molecule has 19 nitrogen and oxygen atoms in total. The molecule has 4 aliphatic rings. The van der Waals surface area contributed by atoms with Crippen LogP contribution in [0, 0.1) is 5.82 Å². The summed E-state index contributed by atoms with van der Waals surface area (Å²) in [4.78, 5) is 2.06. The number of nitrogens with zero attached hydrogens (tertiary/aromatic N) is 2. The van der Waals surface area contributed by atoms with Crippen molar-refractivity contribution >= 4 is 20.8 Å². The lowest BCUT2D eigenvalue weighted by Gasteiger charge is -2.48. The van der Waals surface area contributed by atoms with Crippen molar-refractivity contribution in [2.45, 2.75) is 119 Å². The average molecular weight is 781 g/mol. The molecule has 3 aliphatic heterocycles. The van der Waals surface area contributed by atoms with E-state index in [1.54, 1.807) is 6.92 Å². The van der Waals surface area contributed by atoms with Crippen LogP contribution in [0.2, 0.25) is 0 Å². The van der Waals surface area contributed by atoms with Gasteiger partial charge in [-0.2, -0.15) is 8.42 Å². The zero-order chi connectivity index (χ0) is 39.5. The summed E-state index contributed by atoms with van der Waals surface area (Å²) in [6.45, 7) is 6.22. The maximum absolute atomic E-state index is 13.0. The molecule has 1 aromatic rings. The third-order valence-electron chi connectivity index (χ3n) is 9.79. The molecule has 3 fully saturated rings. The van der Waals surface area contributed by atoms with Gasteiger partial charge in [0.25, 0.3) is 10.0 Å². The average Bonchev–Trinajstić information content (AvgIpc) is 3.36. The number of sulfonamides is 1. The summed E-state index contributed by atoms with van der Waals surface area (Å²) >= 11 is 0. The van der Waals surface area contributed by atoms with Crippen LogP contribution >= 0.6 is 0 Å². The van der Waals surface area contributed by atoms with Gasteiger partial charge >= 0.3 is 0 Å². The highest BCUT2D eigenvalue weighted by Crippen LogP contribution is 2.34. The minimum absolute atomic E-state index is 0.0849. The highest BCUT2D eigenvalue weighted by atomic mass is 32.2. The van der Waals surface area contributed by atoms with E-state index in [9.17, 15) is 48.6 Å². The van der Waals surface area contributed by atoms with Crippen molar-refractivity contribution < 1.29 is 67.5 Å². The standard InChI is InChI=1S/C18H36N4O11.C14H17FN2O2S/c19-2-6-10(25)12(27)13(28)18(30-6)33-16-5(21)1-4(20)15(14(16)29)32-17-11(26)8(22)9(24)7(3-23)31-17;1-4-17(5-2)14-10(3)13(20(18,19)16-14)11-6-8-12(15)9-7-11/h4-18,23-29H,1-3,19-22H2;6-9H,4-5H2,1-3H3/t4-,5+,6-,7-,8+,9-,10-,11-,12+,13-,14-,15+,16-,17-,18-;/m1./s1. The lowest BCUT2D eigenvalue weighted by molar-refractivity contribution is -0.332. The molecule has 15 atom stereocenters. The van der Waals surface area contributed by atoms with Gasteiger partial charge < -0.3 is 82.5 Å². The normalized spacial score (nSPS) is 40.0. The number of hydrogen-bond donors (Lipinski definition) is 11. The Labute approximate surface area is 306 Å².